The normalized spacial score (nSPS) is 19.8. The number of nitrogens with one attached hydrogen (secondary N) is 3. The molecular weight excluding hydrogens is 224 g/mol. The number of nitrogens with zero attached hydrogens (tertiary/aromatic N) is 3. The van der Waals surface area contributed by atoms with Crippen LogP contribution in [-0.2, 0) is 16.1 Å². The third kappa shape index (κ3) is 2.78. The highest BCUT2D eigenvalue weighted by Crippen LogP contribution is 1.99. The van der Waals surface area contributed by atoms with Crippen LogP contribution in [0.2, 0.25) is 0 Å². The zero-order chi connectivity index (χ0) is 12.3. The van der Waals surface area contributed by atoms with E-state index in [1.165, 1.54) is 11.2 Å². The number of aromatic amines is 1. The molecule has 0 aromatic carbocycles. The van der Waals surface area contributed by atoms with Crippen molar-refractivity contribution in [3.8, 4) is 0 Å². The van der Waals surface area contributed by atoms with Crippen molar-refractivity contribution in [3.05, 3.63) is 12.2 Å². The molecule has 92 valence electrons. The van der Waals surface area contributed by atoms with Gasteiger partial charge in [-0.05, 0) is 0 Å². The lowest BCUT2D eigenvalue weighted by Crippen LogP contribution is -2.58. The van der Waals surface area contributed by atoms with Crippen LogP contribution < -0.4 is 10.6 Å². The van der Waals surface area contributed by atoms with E-state index in [-0.39, 0.29) is 24.4 Å². The summed E-state index contributed by atoms with van der Waals surface area (Å²) in [6.07, 6.45) is 1.40. The van der Waals surface area contributed by atoms with Crippen molar-refractivity contribution < 1.29 is 9.59 Å². The monoisotopic (exact) mass is 238 g/mol. The summed E-state index contributed by atoms with van der Waals surface area (Å²) in [5.41, 5.74) is 0. The highest BCUT2D eigenvalue weighted by molar-refractivity contribution is 5.86. The highest BCUT2D eigenvalue weighted by atomic mass is 16.2. The van der Waals surface area contributed by atoms with Gasteiger partial charge in [-0.15, -0.1) is 0 Å². The van der Waals surface area contributed by atoms with E-state index in [1.807, 2.05) is 0 Å². The predicted octanol–water partition coefficient (Wildman–Crippen LogP) is -2.15. The Labute approximate surface area is 97.8 Å². The molecule has 1 aliphatic heterocycles. The largest absolute Gasteiger partial charge is 0.353 e. The van der Waals surface area contributed by atoms with E-state index in [0.717, 1.165) is 0 Å². The molecule has 0 saturated carbocycles. The zero-order valence-corrected chi connectivity index (χ0v) is 9.43. The van der Waals surface area contributed by atoms with Crippen LogP contribution in [0.15, 0.2) is 6.33 Å². The number of hydrogen-bond donors (Lipinski definition) is 3. The summed E-state index contributed by atoms with van der Waals surface area (Å²) in [6, 6.07) is -0.374. The minimum Gasteiger partial charge on any atom is -0.353 e. The quantitative estimate of drug-likeness (QED) is 0.557. The summed E-state index contributed by atoms with van der Waals surface area (Å²) in [5.74, 6) is 0.453. The Bertz CT molecular complexity index is 394. The second-order valence-electron chi connectivity index (χ2n) is 3.86. The van der Waals surface area contributed by atoms with E-state index in [4.69, 9.17) is 0 Å². The summed E-state index contributed by atoms with van der Waals surface area (Å²) in [6.45, 7) is 0.857. The van der Waals surface area contributed by atoms with Gasteiger partial charge in [-0.2, -0.15) is 5.10 Å². The Balaban J connectivity index is 1.88. The third-order valence-electron chi connectivity index (χ3n) is 2.54. The number of carbonyl (C=O) groups is 2. The first-order valence-corrected chi connectivity index (χ1v) is 5.26. The number of H-pyrrole nitrogens is 1. The van der Waals surface area contributed by atoms with Gasteiger partial charge in [0.25, 0.3) is 0 Å². The number of carbonyl (C=O) groups excluding carboxylic acids is 2. The Morgan fingerprint density at radius 3 is 3.06 bits per heavy atom. The summed E-state index contributed by atoms with van der Waals surface area (Å²) >= 11 is 0. The summed E-state index contributed by atoms with van der Waals surface area (Å²) in [5, 5.41) is 11.9. The molecule has 1 aromatic rings. The average molecular weight is 238 g/mol. The zero-order valence-electron chi connectivity index (χ0n) is 9.43. The molecule has 1 aromatic heterocycles. The van der Waals surface area contributed by atoms with Gasteiger partial charge in [-0.1, -0.05) is 0 Å². The maximum atomic E-state index is 12.0. The van der Waals surface area contributed by atoms with Crippen molar-refractivity contribution in [2.24, 2.45) is 0 Å². The van der Waals surface area contributed by atoms with E-state index in [1.54, 1.807) is 7.05 Å². The molecule has 8 nitrogen and oxygen atoms in total. The van der Waals surface area contributed by atoms with Gasteiger partial charge in [-0.3, -0.25) is 20.0 Å². The molecule has 2 rings (SSSR count). The molecule has 1 unspecified atom stereocenters. The lowest BCUT2D eigenvalue weighted by Gasteiger charge is -2.27. The van der Waals surface area contributed by atoms with Gasteiger partial charge in [0.2, 0.25) is 11.8 Å². The first-order valence-electron chi connectivity index (χ1n) is 5.26. The smallest absolute Gasteiger partial charge is 0.241 e. The molecule has 2 heterocycles. The van der Waals surface area contributed by atoms with Crippen molar-refractivity contribution in [1.29, 1.82) is 0 Å². The van der Waals surface area contributed by atoms with Crippen molar-refractivity contribution in [1.82, 2.24) is 30.7 Å². The molecule has 0 spiro atoms. The Kier molecular flexibility index (Phi) is 3.33. The van der Waals surface area contributed by atoms with E-state index < -0.39 is 0 Å². The van der Waals surface area contributed by atoms with Crippen LogP contribution in [0.4, 0.5) is 0 Å². The van der Waals surface area contributed by atoms with Crippen LogP contribution in [-0.4, -0.2) is 58.1 Å². The number of aromatic nitrogens is 3. The number of piperazine rings is 1. The Morgan fingerprint density at radius 1 is 1.65 bits per heavy atom. The van der Waals surface area contributed by atoms with Gasteiger partial charge in [-0.25, -0.2) is 4.98 Å². The molecule has 0 aliphatic carbocycles. The van der Waals surface area contributed by atoms with Crippen molar-refractivity contribution in [2.45, 2.75) is 12.6 Å². The lowest BCUT2D eigenvalue weighted by molar-refractivity contribution is -0.134. The van der Waals surface area contributed by atoms with Gasteiger partial charge in [0.1, 0.15) is 18.2 Å². The molecule has 3 N–H and O–H groups in total. The van der Waals surface area contributed by atoms with E-state index in [9.17, 15) is 9.59 Å². The maximum Gasteiger partial charge on any atom is 0.241 e. The molecule has 0 bridgehead atoms. The highest BCUT2D eigenvalue weighted by Gasteiger charge is 2.26. The van der Waals surface area contributed by atoms with Crippen LogP contribution in [0.5, 0.6) is 0 Å². The summed E-state index contributed by atoms with van der Waals surface area (Å²) in [7, 11) is 1.68. The SMILES string of the molecule is CN(Cc1ncn[nH]1)C(=O)C1CNC(=O)CN1. The topological polar surface area (TPSA) is 103 Å². The summed E-state index contributed by atoms with van der Waals surface area (Å²) in [4.78, 5) is 28.4. The van der Waals surface area contributed by atoms with E-state index >= 15 is 0 Å². The number of rotatable bonds is 3. The van der Waals surface area contributed by atoms with Crippen molar-refractivity contribution in [3.63, 3.8) is 0 Å². The molecular formula is C9H14N6O2. The summed E-state index contributed by atoms with van der Waals surface area (Å²) < 4.78 is 0. The Hall–Kier alpha value is -1.96. The van der Waals surface area contributed by atoms with Crippen LogP contribution >= 0.6 is 0 Å². The second-order valence-corrected chi connectivity index (χ2v) is 3.86. The van der Waals surface area contributed by atoms with Gasteiger partial charge in [0, 0.05) is 13.6 Å². The predicted molar refractivity (Wildman–Crippen MR) is 57.7 cm³/mol. The van der Waals surface area contributed by atoms with E-state index in [2.05, 4.69) is 25.8 Å². The molecule has 1 atom stereocenters. The van der Waals surface area contributed by atoms with Gasteiger partial charge < -0.3 is 10.2 Å². The van der Waals surface area contributed by atoms with Gasteiger partial charge in [0.15, 0.2) is 0 Å². The Morgan fingerprint density at radius 2 is 2.47 bits per heavy atom. The van der Waals surface area contributed by atoms with Crippen LogP contribution in [0.1, 0.15) is 5.82 Å². The molecule has 1 fully saturated rings. The molecule has 1 aliphatic rings. The minimum absolute atomic E-state index is 0.0820. The van der Waals surface area contributed by atoms with Crippen molar-refractivity contribution in [2.75, 3.05) is 20.1 Å². The average Bonchev–Trinajstić information content (AvgIpc) is 2.82. The number of amides is 2. The van der Waals surface area contributed by atoms with Crippen LogP contribution in [0, 0.1) is 0 Å². The number of hydrogen-bond acceptors (Lipinski definition) is 5. The van der Waals surface area contributed by atoms with E-state index in [0.29, 0.717) is 18.9 Å². The molecule has 2 amide bonds. The first kappa shape index (κ1) is 11.5. The fraction of sp³-hybridized carbons (Fsp3) is 0.556. The van der Waals surface area contributed by atoms with Gasteiger partial charge >= 0.3 is 0 Å². The molecule has 8 heteroatoms. The first-order chi connectivity index (χ1) is 8.16. The third-order valence-corrected chi connectivity index (χ3v) is 2.54. The fourth-order valence-electron chi connectivity index (χ4n) is 1.62. The van der Waals surface area contributed by atoms with Crippen molar-refractivity contribution >= 4 is 11.8 Å². The molecule has 17 heavy (non-hydrogen) atoms. The fourth-order valence-corrected chi connectivity index (χ4v) is 1.62. The van der Waals surface area contributed by atoms with Crippen LogP contribution in [0.3, 0.4) is 0 Å². The standard InChI is InChI=1S/C9H14N6O2/c1-15(4-7-12-5-13-14-7)9(17)6-2-11-8(16)3-10-6/h5-6,10H,2-4H2,1H3,(H,11,16)(H,12,13,14). The number of likely N-dealkylation sites (N-methyl/N-ethyl adjacent to an activating group) is 1. The van der Waals surface area contributed by atoms with Gasteiger partial charge in [0.05, 0.1) is 13.1 Å². The molecule has 1 saturated heterocycles. The molecule has 0 radical (unpaired) electrons. The van der Waals surface area contributed by atoms with Crippen LogP contribution in [0.25, 0.3) is 0 Å². The minimum atomic E-state index is -0.374. The second kappa shape index (κ2) is 4.91. The lowest BCUT2D eigenvalue weighted by atomic mass is 10.2. The maximum absolute atomic E-state index is 12.0.